The normalized spacial score (nSPS) is 31.5. The molecule has 2 fully saturated rings. The Morgan fingerprint density at radius 2 is 2.07 bits per heavy atom. The predicted molar refractivity (Wildman–Crippen MR) is 106 cm³/mol. The number of nitrogens with zero attached hydrogens (tertiary/aromatic N) is 1. The molecule has 0 aromatic carbocycles. The third-order valence-corrected chi connectivity index (χ3v) is 6.16. The van der Waals surface area contributed by atoms with Crippen molar-refractivity contribution in [2.75, 3.05) is 13.1 Å². The summed E-state index contributed by atoms with van der Waals surface area (Å²) in [5, 5.41) is 11.6. The van der Waals surface area contributed by atoms with Crippen molar-refractivity contribution in [1.82, 2.24) is 4.90 Å². The molecular weight excluding hydrogens is 354 g/mol. The maximum atomic E-state index is 13.0. The van der Waals surface area contributed by atoms with E-state index in [1.165, 1.54) is 11.1 Å². The molecule has 5 nitrogen and oxygen atoms in total. The third-order valence-electron chi connectivity index (χ3n) is 6.16. The second kappa shape index (κ2) is 7.51. The highest BCUT2D eigenvalue weighted by atomic mass is 16.5. The van der Waals surface area contributed by atoms with E-state index in [9.17, 15) is 14.7 Å². The predicted octanol–water partition coefficient (Wildman–Crippen LogP) is 2.63. The van der Waals surface area contributed by atoms with Gasteiger partial charge in [-0.25, -0.2) is 0 Å². The van der Waals surface area contributed by atoms with Crippen LogP contribution in [0, 0.1) is 17.3 Å². The van der Waals surface area contributed by atoms with E-state index in [1.54, 1.807) is 11.0 Å². The third kappa shape index (κ3) is 3.95. The van der Waals surface area contributed by atoms with Crippen molar-refractivity contribution >= 4 is 11.9 Å². The molecule has 4 atom stereocenters. The number of aliphatic carboxylic acids is 1. The molecule has 3 rings (SSSR count). The van der Waals surface area contributed by atoms with E-state index in [0.29, 0.717) is 13.1 Å². The highest BCUT2D eigenvalue weighted by Gasteiger charge is 2.65. The van der Waals surface area contributed by atoms with Gasteiger partial charge in [0, 0.05) is 18.4 Å². The molecule has 0 aliphatic carbocycles. The van der Waals surface area contributed by atoms with Crippen molar-refractivity contribution in [2.45, 2.75) is 65.6 Å². The van der Waals surface area contributed by atoms with Crippen LogP contribution in [-0.4, -0.2) is 41.6 Å². The van der Waals surface area contributed by atoms with Crippen LogP contribution in [0.15, 0.2) is 35.5 Å². The molecular formula is C23H32NO4-. The van der Waals surface area contributed by atoms with Gasteiger partial charge in [0.2, 0.25) is 5.91 Å². The van der Waals surface area contributed by atoms with Gasteiger partial charge in [0.15, 0.2) is 0 Å². The Morgan fingerprint density at radius 3 is 2.71 bits per heavy atom. The first-order valence-electron chi connectivity index (χ1n) is 10.2. The second-order valence-electron chi connectivity index (χ2n) is 9.65. The van der Waals surface area contributed by atoms with Crippen molar-refractivity contribution in [1.29, 1.82) is 0 Å². The molecule has 0 aromatic rings. The average molecular weight is 387 g/mol. The number of ether oxygens (including phenoxy) is 1. The molecule has 3 aliphatic heterocycles. The maximum absolute atomic E-state index is 13.0. The van der Waals surface area contributed by atoms with Crippen molar-refractivity contribution in [3.63, 3.8) is 0 Å². The summed E-state index contributed by atoms with van der Waals surface area (Å²) >= 11 is 0. The van der Waals surface area contributed by atoms with Crippen LogP contribution in [0.2, 0.25) is 0 Å². The SMILES string of the molecule is CC(C)=CCC/C(C)=C/CC(C)(C)CN1C[C@]23C=C[C@@H](O2)[C@@H](C(=O)[O-])[C@@H]3C1=O. The largest absolute Gasteiger partial charge is 0.550 e. The number of amides is 1. The first-order valence-corrected chi connectivity index (χ1v) is 10.2. The van der Waals surface area contributed by atoms with E-state index in [2.05, 4.69) is 46.8 Å². The molecule has 0 aromatic heterocycles. The summed E-state index contributed by atoms with van der Waals surface area (Å²) in [6.07, 6.45) is 10.6. The fourth-order valence-corrected chi connectivity index (χ4v) is 4.70. The fourth-order valence-electron chi connectivity index (χ4n) is 4.70. The number of carbonyl (C=O) groups excluding carboxylic acids is 2. The lowest BCUT2D eigenvalue weighted by molar-refractivity contribution is -0.313. The van der Waals surface area contributed by atoms with Gasteiger partial charge in [0.1, 0.15) is 5.60 Å². The summed E-state index contributed by atoms with van der Waals surface area (Å²) in [6.45, 7) is 11.7. The number of hydrogen-bond donors (Lipinski definition) is 0. The first kappa shape index (κ1) is 20.8. The molecule has 154 valence electrons. The first-order chi connectivity index (χ1) is 13.0. The number of carboxylic acid groups (broad SMARTS) is 1. The highest BCUT2D eigenvalue weighted by Crippen LogP contribution is 2.52. The monoisotopic (exact) mass is 386 g/mol. The Morgan fingerprint density at radius 1 is 1.36 bits per heavy atom. The Kier molecular flexibility index (Phi) is 5.59. The average Bonchev–Trinajstić information content (AvgIpc) is 3.21. The van der Waals surface area contributed by atoms with E-state index in [4.69, 9.17) is 4.74 Å². The summed E-state index contributed by atoms with van der Waals surface area (Å²) < 4.78 is 5.92. The molecule has 0 N–H and O–H groups in total. The van der Waals surface area contributed by atoms with Gasteiger partial charge in [0.05, 0.1) is 18.6 Å². The Hall–Kier alpha value is -1.88. The summed E-state index contributed by atoms with van der Waals surface area (Å²) in [5.74, 6) is -2.82. The van der Waals surface area contributed by atoms with Gasteiger partial charge >= 0.3 is 0 Å². The summed E-state index contributed by atoms with van der Waals surface area (Å²) in [7, 11) is 0. The van der Waals surface area contributed by atoms with Gasteiger partial charge in [-0.1, -0.05) is 49.3 Å². The minimum absolute atomic E-state index is 0.0958. The van der Waals surface area contributed by atoms with Crippen LogP contribution in [-0.2, 0) is 14.3 Å². The number of hydrogen-bond acceptors (Lipinski definition) is 4. The fraction of sp³-hybridized carbons (Fsp3) is 0.652. The van der Waals surface area contributed by atoms with Gasteiger partial charge < -0.3 is 19.5 Å². The van der Waals surface area contributed by atoms with Crippen molar-refractivity contribution in [2.24, 2.45) is 17.3 Å². The van der Waals surface area contributed by atoms with E-state index in [1.807, 2.05) is 6.08 Å². The van der Waals surface area contributed by atoms with Gasteiger partial charge in [-0.15, -0.1) is 0 Å². The van der Waals surface area contributed by atoms with E-state index >= 15 is 0 Å². The Bertz CT molecular complexity index is 744. The number of fused-ring (bicyclic) bond motifs is 1. The van der Waals surface area contributed by atoms with Crippen molar-refractivity contribution < 1.29 is 19.4 Å². The highest BCUT2D eigenvalue weighted by molar-refractivity contribution is 5.90. The van der Waals surface area contributed by atoms with Crippen LogP contribution in [0.25, 0.3) is 0 Å². The van der Waals surface area contributed by atoms with Crippen LogP contribution in [0.1, 0.15) is 53.9 Å². The van der Waals surface area contributed by atoms with E-state index < -0.39 is 29.5 Å². The Balaban J connectivity index is 1.62. The lowest BCUT2D eigenvalue weighted by atomic mass is 9.77. The van der Waals surface area contributed by atoms with Crippen LogP contribution in [0.4, 0.5) is 0 Å². The molecule has 3 aliphatic rings. The molecule has 0 unspecified atom stereocenters. The van der Waals surface area contributed by atoms with Crippen LogP contribution in [0.5, 0.6) is 0 Å². The molecule has 3 heterocycles. The molecule has 5 heteroatoms. The van der Waals surface area contributed by atoms with Crippen molar-refractivity contribution in [3.05, 3.63) is 35.5 Å². The smallest absolute Gasteiger partial charge is 0.229 e. The standard InChI is InChI=1S/C23H33NO4/c1-15(2)7-6-8-16(3)9-11-22(4,5)13-24-14-23-12-10-17(28-23)18(21(26)27)19(23)20(24)25/h7,9-10,12,17-19H,6,8,11,13-14H2,1-5H3,(H,26,27)/p-1/b16-9+/t17-,18-,19-,23+/m1/s1. The zero-order valence-corrected chi connectivity index (χ0v) is 17.7. The zero-order chi connectivity index (χ0) is 20.7. The quantitative estimate of drug-likeness (QED) is 0.601. The Labute approximate surface area is 168 Å². The van der Waals surface area contributed by atoms with E-state index in [0.717, 1.165) is 19.3 Å². The number of likely N-dealkylation sites (tertiary alicyclic amines) is 1. The van der Waals surface area contributed by atoms with Crippen LogP contribution >= 0.6 is 0 Å². The van der Waals surface area contributed by atoms with Gasteiger partial charge in [-0.2, -0.15) is 0 Å². The van der Waals surface area contributed by atoms with Gasteiger partial charge in [-0.3, -0.25) is 4.79 Å². The number of allylic oxidation sites excluding steroid dienone is 4. The summed E-state index contributed by atoms with van der Waals surface area (Å²) in [6, 6.07) is 0. The molecule has 28 heavy (non-hydrogen) atoms. The number of rotatable bonds is 8. The van der Waals surface area contributed by atoms with Crippen LogP contribution < -0.4 is 5.11 Å². The van der Waals surface area contributed by atoms with E-state index in [-0.39, 0.29) is 11.3 Å². The second-order valence-corrected chi connectivity index (χ2v) is 9.65. The number of carbonyl (C=O) groups is 2. The van der Waals surface area contributed by atoms with Crippen LogP contribution in [0.3, 0.4) is 0 Å². The minimum atomic E-state index is -1.19. The molecule has 2 bridgehead atoms. The summed E-state index contributed by atoms with van der Waals surface area (Å²) in [4.78, 5) is 26.4. The van der Waals surface area contributed by atoms with Gasteiger partial charge in [0.25, 0.3) is 0 Å². The zero-order valence-electron chi connectivity index (χ0n) is 17.7. The molecule has 2 saturated heterocycles. The van der Waals surface area contributed by atoms with Crippen molar-refractivity contribution in [3.8, 4) is 0 Å². The molecule has 1 spiro atoms. The maximum Gasteiger partial charge on any atom is 0.229 e. The molecule has 1 amide bonds. The molecule has 0 radical (unpaired) electrons. The van der Waals surface area contributed by atoms with Gasteiger partial charge in [-0.05, 0) is 45.4 Å². The number of carboxylic acids is 1. The lowest BCUT2D eigenvalue weighted by Crippen LogP contribution is -2.45. The summed E-state index contributed by atoms with van der Waals surface area (Å²) in [5.41, 5.74) is 1.82. The minimum Gasteiger partial charge on any atom is -0.550 e. The lowest BCUT2D eigenvalue weighted by Gasteiger charge is -2.31. The molecule has 0 saturated carbocycles. The topological polar surface area (TPSA) is 69.7 Å².